The first-order valence-electron chi connectivity index (χ1n) is 8.38. The molecule has 0 aromatic heterocycles. The van der Waals surface area contributed by atoms with Gasteiger partial charge in [0.15, 0.2) is 0 Å². The molecule has 0 N–H and O–H groups in total. The van der Waals surface area contributed by atoms with Gasteiger partial charge in [0.25, 0.3) is 0 Å². The number of benzene rings is 1. The summed E-state index contributed by atoms with van der Waals surface area (Å²) in [5, 5.41) is 0.789. The lowest BCUT2D eigenvalue weighted by Crippen LogP contribution is -2.33. The van der Waals surface area contributed by atoms with Gasteiger partial charge < -0.3 is 9.64 Å². The summed E-state index contributed by atoms with van der Waals surface area (Å²) in [5.74, 6) is 0. The van der Waals surface area contributed by atoms with Crippen LogP contribution < -0.4 is 4.90 Å². The number of fused-ring (bicyclic) bond motifs is 1. The van der Waals surface area contributed by atoms with Gasteiger partial charge in [0.1, 0.15) is 5.60 Å². The predicted molar refractivity (Wildman–Crippen MR) is 93.0 cm³/mol. The lowest BCUT2D eigenvalue weighted by molar-refractivity contribution is 0.0242. The Bertz CT molecular complexity index is 604. The molecular weight excluding hydrogens is 312 g/mol. The fourth-order valence-corrected chi connectivity index (χ4v) is 3.55. The van der Waals surface area contributed by atoms with Gasteiger partial charge in [-0.2, -0.15) is 0 Å². The van der Waals surface area contributed by atoms with Crippen LogP contribution >= 0.6 is 11.6 Å². The van der Waals surface area contributed by atoms with Crippen LogP contribution in [-0.4, -0.2) is 29.7 Å². The van der Waals surface area contributed by atoms with Crippen molar-refractivity contribution in [3.63, 3.8) is 0 Å². The summed E-state index contributed by atoms with van der Waals surface area (Å²) < 4.78 is 5.47. The van der Waals surface area contributed by atoms with E-state index in [1.54, 1.807) is 4.90 Å². The molecule has 0 spiro atoms. The molecule has 1 fully saturated rings. The van der Waals surface area contributed by atoms with Crippen molar-refractivity contribution in [2.24, 2.45) is 0 Å². The molecule has 23 heavy (non-hydrogen) atoms. The number of hydrogen-bond donors (Lipinski definition) is 0. The Hall–Kier alpha value is -1.42. The maximum absolute atomic E-state index is 12.3. The van der Waals surface area contributed by atoms with Gasteiger partial charge in [-0.3, -0.25) is 4.90 Å². The summed E-state index contributed by atoms with van der Waals surface area (Å²) in [7, 11) is 0. The van der Waals surface area contributed by atoms with E-state index in [-0.39, 0.29) is 6.09 Å². The average Bonchev–Trinajstić information content (AvgIpc) is 2.88. The van der Waals surface area contributed by atoms with E-state index in [1.165, 1.54) is 24.8 Å². The van der Waals surface area contributed by atoms with Crippen molar-refractivity contribution in [1.82, 2.24) is 4.90 Å². The lowest BCUT2D eigenvalue weighted by atomic mass is 10.1. The topological polar surface area (TPSA) is 32.8 Å². The van der Waals surface area contributed by atoms with Gasteiger partial charge in [-0.05, 0) is 63.3 Å². The molecule has 0 aliphatic carbocycles. The van der Waals surface area contributed by atoms with Crippen molar-refractivity contribution in [2.75, 3.05) is 18.0 Å². The third-order valence-corrected chi connectivity index (χ3v) is 4.64. The fraction of sp³-hybridized carbons (Fsp3) is 0.611. The number of amides is 1. The van der Waals surface area contributed by atoms with Crippen molar-refractivity contribution in [3.05, 3.63) is 28.3 Å². The molecule has 2 heterocycles. The van der Waals surface area contributed by atoms with Crippen LogP contribution in [0.1, 0.15) is 51.2 Å². The van der Waals surface area contributed by atoms with E-state index in [0.717, 1.165) is 29.4 Å². The fourth-order valence-electron chi connectivity index (χ4n) is 3.24. The first kappa shape index (κ1) is 16.4. The maximum atomic E-state index is 12.3. The summed E-state index contributed by atoms with van der Waals surface area (Å²) in [6.07, 6.45) is 3.48. The highest BCUT2D eigenvalue weighted by atomic mass is 35.5. The molecule has 0 bridgehead atoms. The SMILES string of the molecule is CC(C)(C)OC(=O)N1Cc2cc(Cl)c(N3CCCCC3)cc2C1. The highest BCUT2D eigenvalue weighted by molar-refractivity contribution is 6.33. The molecule has 2 aliphatic rings. The van der Waals surface area contributed by atoms with E-state index in [4.69, 9.17) is 16.3 Å². The Morgan fingerprint density at radius 3 is 2.30 bits per heavy atom. The number of nitrogens with zero attached hydrogens (tertiary/aromatic N) is 2. The molecule has 126 valence electrons. The summed E-state index contributed by atoms with van der Waals surface area (Å²) >= 11 is 6.50. The van der Waals surface area contributed by atoms with Gasteiger partial charge in [-0.1, -0.05) is 11.6 Å². The van der Waals surface area contributed by atoms with Crippen molar-refractivity contribution >= 4 is 23.4 Å². The summed E-state index contributed by atoms with van der Waals surface area (Å²) in [4.78, 5) is 16.4. The highest BCUT2D eigenvalue weighted by Crippen LogP contribution is 2.35. The van der Waals surface area contributed by atoms with E-state index in [2.05, 4.69) is 11.0 Å². The first-order chi connectivity index (χ1) is 10.8. The van der Waals surface area contributed by atoms with Crippen LogP contribution in [0.25, 0.3) is 0 Å². The molecule has 5 heteroatoms. The van der Waals surface area contributed by atoms with E-state index in [9.17, 15) is 4.79 Å². The second-order valence-corrected chi connectivity index (χ2v) is 7.86. The molecule has 3 rings (SSSR count). The normalized spacial score (nSPS) is 18.1. The molecule has 1 amide bonds. The van der Waals surface area contributed by atoms with Crippen LogP contribution in [0.3, 0.4) is 0 Å². The molecule has 0 radical (unpaired) electrons. The zero-order valence-corrected chi connectivity index (χ0v) is 14.9. The second kappa shape index (κ2) is 6.23. The van der Waals surface area contributed by atoms with Crippen LogP contribution in [0.15, 0.2) is 12.1 Å². The zero-order valence-electron chi connectivity index (χ0n) is 14.2. The number of halogens is 1. The number of carbonyl (C=O) groups excluding carboxylic acids is 1. The van der Waals surface area contributed by atoms with E-state index < -0.39 is 5.60 Å². The molecule has 2 aliphatic heterocycles. The van der Waals surface area contributed by atoms with Gasteiger partial charge in [-0.15, -0.1) is 0 Å². The molecular formula is C18H25ClN2O2. The predicted octanol–water partition coefficient (Wildman–Crippen LogP) is 4.58. The Labute approximate surface area is 143 Å². The molecule has 4 nitrogen and oxygen atoms in total. The minimum atomic E-state index is -0.470. The Morgan fingerprint density at radius 2 is 1.70 bits per heavy atom. The number of anilines is 1. The highest BCUT2D eigenvalue weighted by Gasteiger charge is 2.29. The van der Waals surface area contributed by atoms with Crippen molar-refractivity contribution < 1.29 is 9.53 Å². The lowest BCUT2D eigenvalue weighted by Gasteiger charge is -2.30. The van der Waals surface area contributed by atoms with Crippen molar-refractivity contribution in [2.45, 2.75) is 58.7 Å². The standard InChI is InChI=1S/C18H25ClN2O2/c1-18(2,3)23-17(22)21-11-13-9-15(19)16(10-14(13)12-21)20-7-5-4-6-8-20/h9-10H,4-8,11-12H2,1-3H3. The first-order valence-corrected chi connectivity index (χ1v) is 8.75. The van der Waals surface area contributed by atoms with E-state index in [1.807, 2.05) is 26.8 Å². The molecule has 1 saturated heterocycles. The van der Waals surface area contributed by atoms with Crippen LogP contribution in [0.2, 0.25) is 5.02 Å². The monoisotopic (exact) mass is 336 g/mol. The van der Waals surface area contributed by atoms with Gasteiger partial charge >= 0.3 is 6.09 Å². The van der Waals surface area contributed by atoms with Gasteiger partial charge in [0, 0.05) is 26.2 Å². The van der Waals surface area contributed by atoms with Crippen LogP contribution in [0.5, 0.6) is 0 Å². The molecule has 1 aromatic carbocycles. The van der Waals surface area contributed by atoms with Crippen molar-refractivity contribution in [1.29, 1.82) is 0 Å². The largest absolute Gasteiger partial charge is 0.444 e. The number of piperidine rings is 1. The number of ether oxygens (including phenoxy) is 1. The minimum absolute atomic E-state index is 0.260. The number of rotatable bonds is 1. The summed E-state index contributed by atoms with van der Waals surface area (Å²) in [6, 6.07) is 4.18. The van der Waals surface area contributed by atoms with Gasteiger partial charge in [0.05, 0.1) is 10.7 Å². The van der Waals surface area contributed by atoms with E-state index in [0.29, 0.717) is 13.1 Å². The molecule has 0 atom stereocenters. The Balaban J connectivity index is 1.76. The number of hydrogen-bond acceptors (Lipinski definition) is 3. The smallest absolute Gasteiger partial charge is 0.410 e. The molecule has 0 saturated carbocycles. The average molecular weight is 337 g/mol. The quantitative estimate of drug-likeness (QED) is 0.752. The summed E-state index contributed by atoms with van der Waals surface area (Å²) in [6.45, 7) is 8.97. The van der Waals surface area contributed by atoms with Gasteiger partial charge in [0.2, 0.25) is 0 Å². The Kier molecular flexibility index (Phi) is 4.45. The van der Waals surface area contributed by atoms with Crippen LogP contribution in [0.4, 0.5) is 10.5 Å². The third kappa shape index (κ3) is 3.74. The van der Waals surface area contributed by atoms with E-state index >= 15 is 0 Å². The minimum Gasteiger partial charge on any atom is -0.444 e. The molecule has 0 unspecified atom stereocenters. The summed E-state index contributed by atoms with van der Waals surface area (Å²) in [5.41, 5.74) is 2.95. The number of carbonyl (C=O) groups is 1. The third-order valence-electron chi connectivity index (χ3n) is 4.34. The molecule has 1 aromatic rings. The maximum Gasteiger partial charge on any atom is 0.410 e. The van der Waals surface area contributed by atoms with Crippen molar-refractivity contribution in [3.8, 4) is 0 Å². The zero-order chi connectivity index (χ0) is 16.6. The Morgan fingerprint density at radius 1 is 1.09 bits per heavy atom. The second-order valence-electron chi connectivity index (χ2n) is 7.46. The van der Waals surface area contributed by atoms with Crippen LogP contribution in [-0.2, 0) is 17.8 Å². The van der Waals surface area contributed by atoms with Gasteiger partial charge in [-0.25, -0.2) is 4.79 Å². The van der Waals surface area contributed by atoms with Crippen LogP contribution in [0, 0.1) is 0 Å².